The summed E-state index contributed by atoms with van der Waals surface area (Å²) in [6, 6.07) is 5.23. The van der Waals surface area contributed by atoms with Gasteiger partial charge in [0.05, 0.1) is 7.11 Å². The van der Waals surface area contributed by atoms with Crippen LogP contribution in [0, 0.1) is 5.92 Å². The maximum Gasteiger partial charge on any atom is 0.247 e. The summed E-state index contributed by atoms with van der Waals surface area (Å²) in [6.45, 7) is 0.646. The number of methoxy groups -OCH3 is 1. The van der Waals surface area contributed by atoms with Crippen LogP contribution in [0.25, 0.3) is 0 Å². The molecule has 1 aliphatic heterocycles. The predicted octanol–water partition coefficient (Wildman–Crippen LogP) is 2.61. The molecule has 20 heavy (non-hydrogen) atoms. The van der Waals surface area contributed by atoms with Gasteiger partial charge in [-0.2, -0.15) is 4.31 Å². The van der Waals surface area contributed by atoms with Crippen molar-refractivity contribution < 1.29 is 13.2 Å². The number of hydrogen-bond donors (Lipinski definition) is 0. The number of hydrogen-bond acceptors (Lipinski definition) is 3. The molecule has 4 nitrogen and oxygen atoms in total. The first kappa shape index (κ1) is 14.2. The van der Waals surface area contributed by atoms with Crippen molar-refractivity contribution in [1.82, 2.24) is 4.31 Å². The second-order valence-corrected chi connectivity index (χ2v) is 7.65. The molecule has 1 aromatic carbocycles. The minimum atomic E-state index is -3.47. The van der Waals surface area contributed by atoms with E-state index in [2.05, 4.69) is 0 Å². The molecule has 2 fully saturated rings. The Morgan fingerprint density at radius 2 is 2.20 bits per heavy atom. The normalized spacial score (nSPS) is 26.1. The van der Waals surface area contributed by atoms with Gasteiger partial charge in [-0.1, -0.05) is 6.07 Å². The van der Waals surface area contributed by atoms with E-state index in [1.165, 1.54) is 7.11 Å². The third kappa shape index (κ3) is 2.22. The zero-order chi connectivity index (χ0) is 14.3. The molecule has 1 saturated heterocycles. The molecule has 0 aromatic heterocycles. The number of benzene rings is 1. The van der Waals surface area contributed by atoms with Crippen LogP contribution < -0.4 is 4.74 Å². The molecule has 1 saturated carbocycles. The number of rotatable bonds is 4. The van der Waals surface area contributed by atoms with Gasteiger partial charge in [-0.15, -0.1) is 11.6 Å². The summed E-state index contributed by atoms with van der Waals surface area (Å²) in [5.41, 5.74) is 0.852. The van der Waals surface area contributed by atoms with Gasteiger partial charge in [0, 0.05) is 18.5 Å². The second-order valence-electron chi connectivity index (χ2n) is 5.53. The zero-order valence-electron chi connectivity index (χ0n) is 11.4. The molecule has 1 aromatic rings. The Morgan fingerprint density at radius 3 is 2.75 bits per heavy atom. The SMILES string of the molecule is COc1cc(CCl)ccc1S(=O)(=O)N1CC2CCC1C2. The fourth-order valence-corrected chi connectivity index (χ4v) is 5.35. The maximum atomic E-state index is 12.8. The topological polar surface area (TPSA) is 46.6 Å². The lowest BCUT2D eigenvalue weighted by Crippen LogP contribution is -2.37. The fraction of sp³-hybridized carbons (Fsp3) is 0.571. The van der Waals surface area contributed by atoms with Crippen molar-refractivity contribution in [3.8, 4) is 5.75 Å². The summed E-state index contributed by atoms with van der Waals surface area (Å²) in [5.74, 6) is 1.25. The van der Waals surface area contributed by atoms with Crippen molar-refractivity contribution in [1.29, 1.82) is 0 Å². The number of sulfonamides is 1. The Bertz CT molecular complexity index is 617. The van der Waals surface area contributed by atoms with E-state index >= 15 is 0 Å². The molecular formula is C14H18ClNO3S. The summed E-state index contributed by atoms with van der Waals surface area (Å²) < 4.78 is 32.5. The standard InChI is InChI=1S/C14H18ClNO3S/c1-19-13-7-10(8-15)3-5-14(13)20(17,18)16-9-11-2-4-12(16)6-11/h3,5,7,11-12H,2,4,6,8-9H2,1H3. The lowest BCUT2D eigenvalue weighted by Gasteiger charge is -2.26. The molecule has 0 radical (unpaired) electrons. The quantitative estimate of drug-likeness (QED) is 0.802. The minimum Gasteiger partial charge on any atom is -0.495 e. The molecule has 1 heterocycles. The fourth-order valence-electron chi connectivity index (χ4n) is 3.31. The van der Waals surface area contributed by atoms with E-state index in [1.807, 2.05) is 0 Å². The molecule has 2 aliphatic rings. The van der Waals surface area contributed by atoms with Crippen LogP contribution in [0.15, 0.2) is 23.1 Å². The number of alkyl halides is 1. The molecule has 2 unspecified atom stereocenters. The third-order valence-corrected chi connectivity index (χ3v) is 6.59. The molecule has 0 spiro atoms. The van der Waals surface area contributed by atoms with E-state index < -0.39 is 10.0 Å². The van der Waals surface area contributed by atoms with E-state index in [4.69, 9.17) is 16.3 Å². The Balaban J connectivity index is 1.99. The van der Waals surface area contributed by atoms with Crippen LogP contribution in [0.3, 0.4) is 0 Å². The van der Waals surface area contributed by atoms with Gasteiger partial charge in [0.1, 0.15) is 10.6 Å². The second kappa shape index (κ2) is 5.20. The maximum absolute atomic E-state index is 12.8. The van der Waals surface area contributed by atoms with Crippen LogP contribution >= 0.6 is 11.6 Å². The summed E-state index contributed by atoms with van der Waals surface area (Å²) in [7, 11) is -1.98. The van der Waals surface area contributed by atoms with Crippen LogP contribution in [-0.2, 0) is 15.9 Å². The van der Waals surface area contributed by atoms with Crippen LogP contribution in [0.4, 0.5) is 0 Å². The first-order valence-corrected chi connectivity index (χ1v) is 8.78. The van der Waals surface area contributed by atoms with Gasteiger partial charge in [-0.25, -0.2) is 8.42 Å². The molecular weight excluding hydrogens is 298 g/mol. The largest absolute Gasteiger partial charge is 0.495 e. The van der Waals surface area contributed by atoms with Crippen molar-refractivity contribution in [2.75, 3.05) is 13.7 Å². The highest BCUT2D eigenvalue weighted by Crippen LogP contribution is 2.41. The highest BCUT2D eigenvalue weighted by Gasteiger charge is 2.44. The van der Waals surface area contributed by atoms with Gasteiger partial charge in [0.2, 0.25) is 10.0 Å². The van der Waals surface area contributed by atoms with E-state index in [9.17, 15) is 8.42 Å². The van der Waals surface area contributed by atoms with Crippen molar-refractivity contribution in [2.24, 2.45) is 5.92 Å². The first-order valence-electron chi connectivity index (χ1n) is 6.81. The van der Waals surface area contributed by atoms with Gasteiger partial charge in [0.25, 0.3) is 0 Å². The van der Waals surface area contributed by atoms with Crippen molar-refractivity contribution in [3.63, 3.8) is 0 Å². The predicted molar refractivity (Wildman–Crippen MR) is 77.6 cm³/mol. The smallest absolute Gasteiger partial charge is 0.247 e. The van der Waals surface area contributed by atoms with Crippen molar-refractivity contribution in [3.05, 3.63) is 23.8 Å². The number of fused-ring (bicyclic) bond motifs is 2. The van der Waals surface area contributed by atoms with E-state index in [1.54, 1.807) is 22.5 Å². The highest BCUT2D eigenvalue weighted by molar-refractivity contribution is 7.89. The third-order valence-electron chi connectivity index (χ3n) is 4.33. The van der Waals surface area contributed by atoms with Gasteiger partial charge < -0.3 is 4.74 Å². The lowest BCUT2D eigenvalue weighted by atomic mass is 10.1. The van der Waals surface area contributed by atoms with E-state index in [0.29, 0.717) is 24.1 Å². The van der Waals surface area contributed by atoms with Crippen molar-refractivity contribution >= 4 is 21.6 Å². The van der Waals surface area contributed by atoms with Crippen molar-refractivity contribution in [2.45, 2.75) is 36.1 Å². The van der Waals surface area contributed by atoms with Crippen LogP contribution in [0.1, 0.15) is 24.8 Å². The Morgan fingerprint density at radius 1 is 1.40 bits per heavy atom. The van der Waals surface area contributed by atoms with Crippen LogP contribution in [-0.4, -0.2) is 32.4 Å². The van der Waals surface area contributed by atoms with E-state index in [0.717, 1.165) is 24.8 Å². The van der Waals surface area contributed by atoms with Gasteiger partial charge in [-0.05, 0) is 42.9 Å². The summed E-state index contributed by atoms with van der Waals surface area (Å²) in [4.78, 5) is 0.251. The first-order chi connectivity index (χ1) is 9.56. The number of ether oxygens (including phenoxy) is 1. The van der Waals surface area contributed by atoms with Crippen LogP contribution in [0.2, 0.25) is 0 Å². The molecule has 0 N–H and O–H groups in total. The van der Waals surface area contributed by atoms with Gasteiger partial charge >= 0.3 is 0 Å². The molecule has 3 rings (SSSR count). The van der Waals surface area contributed by atoms with Crippen LogP contribution in [0.5, 0.6) is 5.75 Å². The summed E-state index contributed by atoms with van der Waals surface area (Å²) in [5, 5.41) is 0. The molecule has 2 atom stereocenters. The highest BCUT2D eigenvalue weighted by atomic mass is 35.5. The van der Waals surface area contributed by atoms with Gasteiger partial charge in [0.15, 0.2) is 0 Å². The summed E-state index contributed by atoms with van der Waals surface area (Å²) >= 11 is 5.79. The molecule has 2 bridgehead atoms. The Hall–Kier alpha value is -0.780. The zero-order valence-corrected chi connectivity index (χ0v) is 13.0. The lowest BCUT2D eigenvalue weighted by molar-refractivity contribution is 0.330. The molecule has 6 heteroatoms. The molecule has 1 aliphatic carbocycles. The monoisotopic (exact) mass is 315 g/mol. The number of halogens is 1. The number of nitrogens with zero attached hydrogens (tertiary/aromatic N) is 1. The average Bonchev–Trinajstić information content (AvgIpc) is 3.09. The van der Waals surface area contributed by atoms with E-state index in [-0.39, 0.29) is 10.9 Å². The Kier molecular flexibility index (Phi) is 3.69. The number of piperidine rings is 1. The van der Waals surface area contributed by atoms with Gasteiger partial charge in [-0.3, -0.25) is 0 Å². The summed E-state index contributed by atoms with van der Waals surface area (Å²) in [6.07, 6.45) is 3.13. The average molecular weight is 316 g/mol. The molecule has 110 valence electrons. The molecule has 0 amide bonds. The Labute approximate surface area is 124 Å². The minimum absolute atomic E-state index is 0.169.